The summed E-state index contributed by atoms with van der Waals surface area (Å²) in [6, 6.07) is 13.7. The van der Waals surface area contributed by atoms with Gasteiger partial charge in [0.05, 0.1) is 5.56 Å². The second-order valence-corrected chi connectivity index (χ2v) is 8.06. The zero-order valence-electron chi connectivity index (χ0n) is 17.5. The number of hydrogen-bond donors (Lipinski definition) is 0. The average molecular weight is 427 g/mol. The van der Waals surface area contributed by atoms with Crippen molar-refractivity contribution in [1.29, 1.82) is 0 Å². The topological polar surface area (TPSA) is 65.1 Å². The quantitative estimate of drug-likeness (QED) is 0.478. The van der Waals surface area contributed by atoms with Crippen LogP contribution in [0.15, 0.2) is 48.5 Å². The van der Waals surface area contributed by atoms with Crippen LogP contribution in [0.3, 0.4) is 0 Å². The van der Waals surface area contributed by atoms with E-state index < -0.39 is 5.82 Å². The van der Waals surface area contributed by atoms with Crippen LogP contribution >= 0.6 is 0 Å². The Balaban J connectivity index is 1.38. The molecule has 0 spiro atoms. The predicted molar refractivity (Wildman–Crippen MR) is 111 cm³/mol. The van der Waals surface area contributed by atoms with E-state index in [2.05, 4.69) is 0 Å². The highest BCUT2D eigenvalue weighted by Crippen LogP contribution is 2.40. The van der Waals surface area contributed by atoms with Crippen molar-refractivity contribution in [2.75, 3.05) is 13.9 Å². The molecule has 0 aromatic heterocycles. The molecule has 1 amide bonds. The number of Topliss-reactive ketones (excluding diaryl/α,β-unsaturated/α-hetero) is 1. The SMILES string of the molecule is COCOc1ccc(C(=O)C2CC3CCC(C2)N3C(=O)OCc2ccccc2)c(F)c1. The molecule has 7 heteroatoms. The first kappa shape index (κ1) is 21.3. The van der Waals surface area contributed by atoms with Crippen LogP contribution in [0.2, 0.25) is 0 Å². The standard InChI is InChI=1S/C24H26FNO5/c1-29-15-31-20-9-10-21(22(25)13-20)23(27)17-11-18-7-8-19(12-17)26(18)24(28)30-14-16-5-3-2-4-6-16/h2-6,9-10,13,17-19H,7-8,11-12,14-15H2,1H3. The molecule has 31 heavy (non-hydrogen) atoms. The number of carbonyl (C=O) groups excluding carboxylic acids is 2. The van der Waals surface area contributed by atoms with Crippen molar-refractivity contribution in [2.24, 2.45) is 5.92 Å². The zero-order chi connectivity index (χ0) is 21.8. The number of piperidine rings is 1. The molecule has 0 N–H and O–H groups in total. The van der Waals surface area contributed by atoms with Crippen LogP contribution < -0.4 is 4.74 Å². The van der Waals surface area contributed by atoms with Crippen molar-refractivity contribution < 1.29 is 28.2 Å². The molecule has 0 saturated carbocycles. The maximum absolute atomic E-state index is 14.5. The van der Waals surface area contributed by atoms with Crippen LogP contribution in [-0.4, -0.2) is 42.8 Å². The first-order chi connectivity index (χ1) is 15.1. The minimum absolute atomic E-state index is 0.00885. The summed E-state index contributed by atoms with van der Waals surface area (Å²) in [5, 5.41) is 0. The predicted octanol–water partition coefficient (Wildman–Crippen LogP) is 4.57. The Bertz CT molecular complexity index is 921. The van der Waals surface area contributed by atoms with Gasteiger partial charge in [-0.3, -0.25) is 4.79 Å². The first-order valence-corrected chi connectivity index (χ1v) is 10.5. The number of rotatable bonds is 7. The summed E-state index contributed by atoms with van der Waals surface area (Å²) in [5.74, 6) is -0.816. The van der Waals surface area contributed by atoms with E-state index in [1.54, 1.807) is 11.0 Å². The number of ketones is 1. The van der Waals surface area contributed by atoms with E-state index >= 15 is 0 Å². The number of hydrogen-bond acceptors (Lipinski definition) is 5. The maximum Gasteiger partial charge on any atom is 0.410 e. The molecule has 2 aromatic carbocycles. The third-order valence-corrected chi connectivity index (χ3v) is 6.07. The lowest BCUT2D eigenvalue weighted by Gasteiger charge is -2.37. The molecule has 2 fully saturated rings. The average Bonchev–Trinajstić information content (AvgIpc) is 3.05. The van der Waals surface area contributed by atoms with Gasteiger partial charge in [-0.25, -0.2) is 9.18 Å². The monoisotopic (exact) mass is 427 g/mol. The third-order valence-electron chi connectivity index (χ3n) is 6.07. The van der Waals surface area contributed by atoms with Gasteiger partial charge in [0.1, 0.15) is 18.2 Å². The summed E-state index contributed by atoms with van der Waals surface area (Å²) in [7, 11) is 1.48. The van der Waals surface area contributed by atoms with Crippen molar-refractivity contribution in [1.82, 2.24) is 4.90 Å². The second kappa shape index (κ2) is 9.47. The molecule has 2 heterocycles. The highest BCUT2D eigenvalue weighted by atomic mass is 19.1. The van der Waals surface area contributed by atoms with Gasteiger partial charge in [-0.15, -0.1) is 0 Å². The molecular weight excluding hydrogens is 401 g/mol. The van der Waals surface area contributed by atoms with Gasteiger partial charge >= 0.3 is 6.09 Å². The number of halogens is 1. The van der Waals surface area contributed by atoms with Gasteiger partial charge in [-0.05, 0) is 43.4 Å². The highest BCUT2D eigenvalue weighted by Gasteiger charge is 2.46. The van der Waals surface area contributed by atoms with E-state index in [0.29, 0.717) is 18.6 Å². The summed E-state index contributed by atoms with van der Waals surface area (Å²) in [4.78, 5) is 27.5. The molecule has 2 atom stereocenters. The van der Waals surface area contributed by atoms with E-state index in [1.165, 1.54) is 19.2 Å². The van der Waals surface area contributed by atoms with Gasteiger partial charge in [-0.2, -0.15) is 0 Å². The minimum atomic E-state index is -0.601. The molecule has 2 aliphatic rings. The molecule has 2 aliphatic heterocycles. The van der Waals surface area contributed by atoms with E-state index in [4.69, 9.17) is 14.2 Å². The fraction of sp³-hybridized carbons (Fsp3) is 0.417. The Hall–Kier alpha value is -2.93. The Morgan fingerprint density at radius 3 is 2.42 bits per heavy atom. The molecule has 2 aromatic rings. The van der Waals surface area contributed by atoms with E-state index in [0.717, 1.165) is 18.4 Å². The molecule has 4 rings (SSSR count). The van der Waals surface area contributed by atoms with Crippen molar-refractivity contribution in [3.8, 4) is 5.75 Å². The molecule has 164 valence electrons. The lowest BCUT2D eigenvalue weighted by molar-refractivity contribution is 0.0480. The third kappa shape index (κ3) is 4.71. The molecule has 0 radical (unpaired) electrons. The number of nitrogens with zero attached hydrogens (tertiary/aromatic N) is 1. The summed E-state index contributed by atoms with van der Waals surface area (Å²) in [5.41, 5.74) is 0.996. The van der Waals surface area contributed by atoms with Crippen molar-refractivity contribution in [2.45, 2.75) is 44.4 Å². The Kier molecular flexibility index (Phi) is 6.51. The lowest BCUT2D eigenvalue weighted by Crippen LogP contribution is -2.48. The van der Waals surface area contributed by atoms with Gasteiger partial charge < -0.3 is 19.1 Å². The summed E-state index contributed by atoms with van der Waals surface area (Å²) < 4.78 is 30.1. The number of amides is 1. The van der Waals surface area contributed by atoms with Crippen LogP contribution in [0.5, 0.6) is 5.75 Å². The van der Waals surface area contributed by atoms with Crippen LogP contribution in [-0.2, 0) is 16.1 Å². The first-order valence-electron chi connectivity index (χ1n) is 10.5. The number of ether oxygens (including phenoxy) is 3. The second-order valence-electron chi connectivity index (χ2n) is 8.06. The van der Waals surface area contributed by atoms with Gasteiger partial charge in [0, 0.05) is 31.2 Å². The zero-order valence-corrected chi connectivity index (χ0v) is 17.5. The normalized spacial score (nSPS) is 22.3. The fourth-order valence-electron chi connectivity index (χ4n) is 4.62. The van der Waals surface area contributed by atoms with Crippen molar-refractivity contribution in [3.63, 3.8) is 0 Å². The smallest absolute Gasteiger partial charge is 0.410 e. The number of carbonyl (C=O) groups is 2. The molecule has 2 bridgehead atoms. The van der Waals surface area contributed by atoms with E-state index in [1.807, 2.05) is 30.3 Å². The van der Waals surface area contributed by atoms with Gasteiger partial charge in [0.15, 0.2) is 12.6 Å². The van der Waals surface area contributed by atoms with Crippen molar-refractivity contribution in [3.05, 3.63) is 65.5 Å². The van der Waals surface area contributed by atoms with Gasteiger partial charge in [0.2, 0.25) is 0 Å². The van der Waals surface area contributed by atoms with E-state index in [9.17, 15) is 14.0 Å². The number of methoxy groups -OCH3 is 1. The summed E-state index contributed by atoms with van der Waals surface area (Å²) in [6.07, 6.45) is 2.38. The van der Waals surface area contributed by atoms with Crippen LogP contribution in [0, 0.1) is 11.7 Å². The summed E-state index contributed by atoms with van der Waals surface area (Å²) >= 11 is 0. The molecule has 2 unspecified atom stereocenters. The maximum atomic E-state index is 14.5. The lowest BCUT2D eigenvalue weighted by atomic mass is 9.84. The molecule has 6 nitrogen and oxygen atoms in total. The summed E-state index contributed by atoms with van der Waals surface area (Å²) in [6.45, 7) is 0.232. The van der Waals surface area contributed by atoms with Crippen LogP contribution in [0.25, 0.3) is 0 Å². The van der Waals surface area contributed by atoms with Crippen molar-refractivity contribution >= 4 is 11.9 Å². The van der Waals surface area contributed by atoms with Gasteiger partial charge in [0.25, 0.3) is 0 Å². The van der Waals surface area contributed by atoms with E-state index in [-0.39, 0.29) is 48.8 Å². The Morgan fingerprint density at radius 1 is 1.06 bits per heavy atom. The molecule has 2 saturated heterocycles. The number of benzene rings is 2. The number of fused-ring (bicyclic) bond motifs is 2. The Morgan fingerprint density at radius 2 is 1.77 bits per heavy atom. The van der Waals surface area contributed by atoms with Gasteiger partial charge in [-0.1, -0.05) is 30.3 Å². The van der Waals surface area contributed by atoms with Crippen LogP contribution in [0.4, 0.5) is 9.18 Å². The Labute approximate surface area is 180 Å². The molecule has 0 aliphatic carbocycles. The largest absolute Gasteiger partial charge is 0.467 e. The fourth-order valence-corrected chi connectivity index (χ4v) is 4.62. The molecular formula is C24H26FNO5. The van der Waals surface area contributed by atoms with Crippen LogP contribution in [0.1, 0.15) is 41.6 Å². The minimum Gasteiger partial charge on any atom is -0.467 e. The highest BCUT2D eigenvalue weighted by molar-refractivity contribution is 5.98.